The average Bonchev–Trinajstić information content (AvgIpc) is 2.67. The molecule has 6 nitrogen and oxygen atoms in total. The zero-order valence-electron chi connectivity index (χ0n) is 14.1. The van der Waals surface area contributed by atoms with Crippen LogP contribution in [0.4, 0.5) is 19.0 Å². The number of H-pyrrole nitrogens is 1. The Bertz CT molecular complexity index is 862. The Morgan fingerprint density at radius 3 is 2.19 bits per heavy atom. The van der Waals surface area contributed by atoms with E-state index in [1.807, 2.05) is 0 Å². The fourth-order valence-corrected chi connectivity index (χ4v) is 3.07. The van der Waals surface area contributed by atoms with Crippen LogP contribution in [0.1, 0.15) is 26.3 Å². The fourth-order valence-electron chi connectivity index (χ4n) is 3.07. The Labute approximate surface area is 152 Å². The summed E-state index contributed by atoms with van der Waals surface area (Å²) in [5.74, 6) is -1.99. The fraction of sp³-hybridized carbons (Fsp3) is 0.278. The summed E-state index contributed by atoms with van der Waals surface area (Å²) < 4.78 is 39.5. The number of piperazine rings is 1. The lowest BCUT2D eigenvalue weighted by Gasteiger charge is -2.32. The Morgan fingerprint density at radius 1 is 0.963 bits per heavy atom. The van der Waals surface area contributed by atoms with E-state index >= 15 is 0 Å². The molecule has 1 aromatic carbocycles. The number of aromatic carboxylic acids is 1. The highest BCUT2D eigenvalue weighted by atomic mass is 19.4. The Hall–Kier alpha value is -3.10. The normalized spacial score (nSPS) is 14.9. The molecule has 142 valence electrons. The topological polar surface area (TPSA) is 77.8 Å². The van der Waals surface area contributed by atoms with Gasteiger partial charge in [0.25, 0.3) is 11.7 Å². The van der Waals surface area contributed by atoms with Gasteiger partial charge in [0.15, 0.2) is 0 Å². The summed E-state index contributed by atoms with van der Waals surface area (Å²) in [4.78, 5) is 29.4. The first-order valence-corrected chi connectivity index (χ1v) is 8.21. The van der Waals surface area contributed by atoms with Crippen LogP contribution in [0.5, 0.6) is 0 Å². The quantitative estimate of drug-likeness (QED) is 0.792. The number of carboxylic acid groups (broad SMARTS) is 1. The first kappa shape index (κ1) is 18.7. The van der Waals surface area contributed by atoms with Crippen LogP contribution in [-0.2, 0) is 6.18 Å². The SMILES string of the molecule is O=C([O-])c1ccccc1C(=O)N1CCN(c2[nH+]cccc2C(F)(F)F)CC1. The molecule has 1 aliphatic heterocycles. The third kappa shape index (κ3) is 3.86. The predicted octanol–water partition coefficient (Wildman–Crippen LogP) is 0.845. The molecule has 0 atom stereocenters. The smallest absolute Gasteiger partial charge is 0.424 e. The number of rotatable bonds is 3. The molecule has 1 amide bonds. The number of benzene rings is 1. The van der Waals surface area contributed by atoms with Crippen molar-refractivity contribution in [3.8, 4) is 0 Å². The molecule has 2 aromatic rings. The minimum absolute atomic E-state index is 0.00760. The summed E-state index contributed by atoms with van der Waals surface area (Å²) >= 11 is 0. The van der Waals surface area contributed by atoms with Crippen molar-refractivity contribution in [2.75, 3.05) is 31.1 Å². The van der Waals surface area contributed by atoms with Gasteiger partial charge in [0.1, 0.15) is 18.7 Å². The van der Waals surface area contributed by atoms with Gasteiger partial charge in [0, 0.05) is 11.1 Å². The van der Waals surface area contributed by atoms with Gasteiger partial charge in [-0.15, -0.1) is 0 Å². The van der Waals surface area contributed by atoms with Crippen LogP contribution in [0.15, 0.2) is 42.6 Å². The number of carbonyl (C=O) groups is 2. The van der Waals surface area contributed by atoms with Gasteiger partial charge in [-0.25, -0.2) is 4.98 Å². The third-order valence-electron chi connectivity index (χ3n) is 4.40. The maximum atomic E-state index is 13.2. The molecule has 1 aliphatic rings. The zero-order valence-corrected chi connectivity index (χ0v) is 14.1. The predicted molar refractivity (Wildman–Crippen MR) is 86.9 cm³/mol. The van der Waals surface area contributed by atoms with Gasteiger partial charge in [0.2, 0.25) is 0 Å². The van der Waals surface area contributed by atoms with Crippen LogP contribution in [0.25, 0.3) is 0 Å². The van der Waals surface area contributed by atoms with E-state index in [9.17, 15) is 27.9 Å². The molecule has 2 heterocycles. The van der Waals surface area contributed by atoms with Crippen LogP contribution < -0.4 is 15.0 Å². The standard InChI is InChI=1S/C18H16F3N3O3/c19-18(20,21)14-6-3-7-22-15(14)23-8-10-24(11-9-23)16(25)12-4-1-2-5-13(12)17(26)27/h1-7H,8-11H2,(H,26,27). The number of nitrogens with one attached hydrogen (secondary N) is 1. The molecule has 27 heavy (non-hydrogen) atoms. The Balaban J connectivity index is 1.75. The van der Waals surface area contributed by atoms with E-state index in [-0.39, 0.29) is 43.1 Å². The monoisotopic (exact) mass is 379 g/mol. The lowest BCUT2D eigenvalue weighted by molar-refractivity contribution is -0.367. The number of aromatic nitrogens is 1. The van der Waals surface area contributed by atoms with Crippen molar-refractivity contribution in [1.82, 2.24) is 4.90 Å². The van der Waals surface area contributed by atoms with Crippen molar-refractivity contribution >= 4 is 17.7 Å². The lowest BCUT2D eigenvalue weighted by Crippen LogP contribution is -2.50. The van der Waals surface area contributed by atoms with E-state index in [1.54, 1.807) is 6.07 Å². The van der Waals surface area contributed by atoms with Crippen molar-refractivity contribution in [1.29, 1.82) is 0 Å². The summed E-state index contributed by atoms with van der Waals surface area (Å²) in [6.45, 7) is 0.701. The molecule has 0 aliphatic carbocycles. The third-order valence-corrected chi connectivity index (χ3v) is 4.40. The van der Waals surface area contributed by atoms with Gasteiger partial charge in [-0.1, -0.05) is 18.2 Å². The first-order chi connectivity index (χ1) is 12.8. The van der Waals surface area contributed by atoms with Crippen LogP contribution in [-0.4, -0.2) is 43.0 Å². The molecule has 1 saturated heterocycles. The molecule has 0 spiro atoms. The molecule has 1 aromatic heterocycles. The molecule has 1 N–H and O–H groups in total. The number of halogens is 3. The van der Waals surface area contributed by atoms with Gasteiger partial charge in [-0.05, 0) is 18.2 Å². The minimum atomic E-state index is -4.49. The molecule has 0 saturated carbocycles. The number of amides is 1. The highest BCUT2D eigenvalue weighted by molar-refractivity contribution is 6.04. The van der Waals surface area contributed by atoms with Gasteiger partial charge >= 0.3 is 6.18 Å². The van der Waals surface area contributed by atoms with Crippen molar-refractivity contribution in [2.24, 2.45) is 0 Å². The average molecular weight is 379 g/mol. The van der Waals surface area contributed by atoms with E-state index < -0.39 is 23.6 Å². The molecule has 0 bridgehead atoms. The number of hydrogen-bond acceptors (Lipinski definition) is 4. The van der Waals surface area contributed by atoms with E-state index in [4.69, 9.17) is 0 Å². The highest BCUT2D eigenvalue weighted by Gasteiger charge is 2.40. The van der Waals surface area contributed by atoms with Crippen LogP contribution in [0.2, 0.25) is 0 Å². The van der Waals surface area contributed by atoms with Gasteiger partial charge in [-0.2, -0.15) is 13.2 Å². The number of carbonyl (C=O) groups excluding carboxylic acids is 2. The summed E-state index contributed by atoms with van der Waals surface area (Å²) in [6, 6.07) is 8.00. The van der Waals surface area contributed by atoms with E-state index in [1.165, 1.54) is 40.3 Å². The molecule has 3 rings (SSSR count). The van der Waals surface area contributed by atoms with Crippen molar-refractivity contribution in [2.45, 2.75) is 6.18 Å². The second-order valence-corrected chi connectivity index (χ2v) is 6.04. The van der Waals surface area contributed by atoms with Gasteiger partial charge in [0.05, 0.1) is 25.3 Å². The summed E-state index contributed by atoms with van der Waals surface area (Å²) in [6.07, 6.45) is -3.08. The molecule has 9 heteroatoms. The molecular weight excluding hydrogens is 363 g/mol. The molecular formula is C18H16F3N3O3. The van der Waals surface area contributed by atoms with E-state index in [0.717, 1.165) is 6.07 Å². The lowest BCUT2D eigenvalue weighted by atomic mass is 10.1. The number of pyridine rings is 1. The summed E-state index contributed by atoms with van der Waals surface area (Å²) in [5.41, 5.74) is -0.971. The molecule has 0 radical (unpaired) electrons. The van der Waals surface area contributed by atoms with Crippen molar-refractivity contribution < 1.29 is 32.9 Å². The first-order valence-electron chi connectivity index (χ1n) is 8.21. The Kier molecular flexibility index (Phi) is 5.02. The minimum Gasteiger partial charge on any atom is -0.545 e. The highest BCUT2D eigenvalue weighted by Crippen LogP contribution is 2.34. The number of aromatic amines is 1. The van der Waals surface area contributed by atoms with E-state index in [0.29, 0.717) is 0 Å². The second-order valence-electron chi connectivity index (χ2n) is 6.04. The largest absolute Gasteiger partial charge is 0.545 e. The van der Waals surface area contributed by atoms with Gasteiger partial charge in [-0.3, -0.25) is 9.69 Å². The van der Waals surface area contributed by atoms with Crippen LogP contribution >= 0.6 is 0 Å². The maximum absolute atomic E-state index is 13.2. The molecule has 0 unspecified atom stereocenters. The zero-order chi connectivity index (χ0) is 19.6. The number of alkyl halides is 3. The number of anilines is 1. The maximum Gasteiger partial charge on any atom is 0.424 e. The summed E-state index contributed by atoms with van der Waals surface area (Å²) in [5, 5.41) is 11.2. The van der Waals surface area contributed by atoms with Crippen molar-refractivity contribution in [3.05, 3.63) is 59.3 Å². The van der Waals surface area contributed by atoms with Crippen LogP contribution in [0.3, 0.4) is 0 Å². The summed E-state index contributed by atoms with van der Waals surface area (Å²) in [7, 11) is 0. The number of carboxylic acids is 1. The number of hydrogen-bond donors (Lipinski definition) is 0. The van der Waals surface area contributed by atoms with E-state index in [2.05, 4.69) is 4.98 Å². The Morgan fingerprint density at radius 2 is 1.59 bits per heavy atom. The number of nitrogens with zero attached hydrogens (tertiary/aromatic N) is 2. The van der Waals surface area contributed by atoms with Crippen LogP contribution in [0, 0.1) is 0 Å². The molecule has 1 fully saturated rings. The second kappa shape index (κ2) is 7.26. The van der Waals surface area contributed by atoms with Crippen molar-refractivity contribution in [3.63, 3.8) is 0 Å². The van der Waals surface area contributed by atoms with Gasteiger partial charge < -0.3 is 14.8 Å².